The Labute approximate surface area is 177 Å². The lowest BCUT2D eigenvalue weighted by Crippen LogP contribution is -2.42. The number of nitrogens with zero attached hydrogens (tertiary/aromatic N) is 2. The van der Waals surface area contributed by atoms with E-state index in [1.54, 1.807) is 24.3 Å². The molecule has 0 radical (unpaired) electrons. The number of carbonyl (C=O) groups excluding carboxylic acids is 2. The molecule has 156 valence electrons. The van der Waals surface area contributed by atoms with Crippen molar-refractivity contribution in [3.05, 3.63) is 40.3 Å². The first-order valence-corrected chi connectivity index (χ1v) is 12.2. The predicted molar refractivity (Wildman–Crippen MR) is 119 cm³/mol. The SMILES string of the molecule is CC(C)n1nc(C(=O)NNC(=O)CCCCC2CCSS2)c2ccccc2c1=O. The van der Waals surface area contributed by atoms with Gasteiger partial charge in [0.05, 0.1) is 11.4 Å². The van der Waals surface area contributed by atoms with E-state index in [2.05, 4.69) is 16.0 Å². The Hall–Kier alpha value is -2.00. The number of hydrogen-bond donors (Lipinski definition) is 2. The zero-order valence-electron chi connectivity index (χ0n) is 16.6. The van der Waals surface area contributed by atoms with Crippen molar-refractivity contribution in [2.75, 3.05) is 5.75 Å². The van der Waals surface area contributed by atoms with Crippen LogP contribution in [0.3, 0.4) is 0 Å². The fourth-order valence-corrected chi connectivity index (χ4v) is 6.22. The van der Waals surface area contributed by atoms with Gasteiger partial charge in [-0.15, -0.1) is 0 Å². The lowest BCUT2D eigenvalue weighted by molar-refractivity contribution is -0.122. The van der Waals surface area contributed by atoms with Gasteiger partial charge in [-0.25, -0.2) is 4.68 Å². The number of benzene rings is 1. The summed E-state index contributed by atoms with van der Waals surface area (Å²) >= 11 is 0. The van der Waals surface area contributed by atoms with Gasteiger partial charge < -0.3 is 0 Å². The van der Waals surface area contributed by atoms with E-state index in [4.69, 9.17) is 0 Å². The minimum absolute atomic E-state index is 0.116. The summed E-state index contributed by atoms with van der Waals surface area (Å²) in [5, 5.41) is 5.83. The van der Waals surface area contributed by atoms with Crippen LogP contribution in [0.4, 0.5) is 0 Å². The van der Waals surface area contributed by atoms with Crippen molar-refractivity contribution in [2.45, 2.75) is 57.2 Å². The molecule has 1 aliphatic heterocycles. The fraction of sp³-hybridized carbons (Fsp3) is 0.500. The van der Waals surface area contributed by atoms with Crippen molar-refractivity contribution in [2.24, 2.45) is 0 Å². The number of hydrogen-bond acceptors (Lipinski definition) is 6. The maximum Gasteiger partial charge on any atom is 0.290 e. The summed E-state index contributed by atoms with van der Waals surface area (Å²) in [6, 6.07) is 6.67. The molecule has 0 spiro atoms. The molecule has 1 unspecified atom stereocenters. The van der Waals surface area contributed by atoms with Gasteiger partial charge in [-0.3, -0.25) is 25.2 Å². The van der Waals surface area contributed by atoms with E-state index in [9.17, 15) is 14.4 Å². The number of aromatic nitrogens is 2. The van der Waals surface area contributed by atoms with Crippen molar-refractivity contribution in [1.82, 2.24) is 20.6 Å². The average molecular weight is 435 g/mol. The van der Waals surface area contributed by atoms with Crippen LogP contribution in [-0.4, -0.2) is 32.6 Å². The molecule has 0 saturated carbocycles. The predicted octanol–water partition coefficient (Wildman–Crippen LogP) is 3.45. The van der Waals surface area contributed by atoms with Gasteiger partial charge in [-0.05, 0) is 39.2 Å². The van der Waals surface area contributed by atoms with E-state index in [-0.39, 0.29) is 23.2 Å². The maximum absolute atomic E-state index is 12.6. The van der Waals surface area contributed by atoms with Crippen LogP contribution in [0.2, 0.25) is 0 Å². The number of rotatable bonds is 7. The first kappa shape index (κ1) is 21.7. The molecular weight excluding hydrogens is 408 g/mol. The van der Waals surface area contributed by atoms with Crippen LogP contribution in [0.25, 0.3) is 10.8 Å². The zero-order chi connectivity index (χ0) is 20.8. The molecule has 3 rings (SSSR count). The second-order valence-corrected chi connectivity index (χ2v) is 10.1. The molecule has 0 bridgehead atoms. The minimum atomic E-state index is -0.539. The Morgan fingerprint density at radius 3 is 2.66 bits per heavy atom. The molecule has 1 atom stereocenters. The Balaban J connectivity index is 1.58. The summed E-state index contributed by atoms with van der Waals surface area (Å²) in [6.45, 7) is 3.66. The number of unbranched alkanes of at least 4 members (excludes halogenated alkanes) is 1. The third kappa shape index (κ3) is 5.54. The molecule has 1 aromatic carbocycles. The third-order valence-electron chi connectivity index (χ3n) is 4.76. The lowest BCUT2D eigenvalue weighted by Gasteiger charge is -2.14. The highest BCUT2D eigenvalue weighted by Gasteiger charge is 2.19. The summed E-state index contributed by atoms with van der Waals surface area (Å²) in [5.74, 6) is 0.450. The molecule has 2 aromatic rings. The number of hydrazine groups is 1. The molecule has 29 heavy (non-hydrogen) atoms. The van der Waals surface area contributed by atoms with Gasteiger partial charge in [0.1, 0.15) is 0 Å². The van der Waals surface area contributed by atoms with E-state index in [0.29, 0.717) is 22.4 Å². The maximum atomic E-state index is 12.6. The van der Waals surface area contributed by atoms with Crippen molar-refractivity contribution < 1.29 is 9.59 Å². The molecule has 9 heteroatoms. The number of carbonyl (C=O) groups is 2. The van der Waals surface area contributed by atoms with Gasteiger partial charge in [0.25, 0.3) is 11.5 Å². The standard InChI is InChI=1S/C20H26N4O3S2/c1-13(2)24-20(27)16-9-5-4-8-15(16)18(23-24)19(26)22-21-17(25)10-6-3-7-14-11-12-28-29-14/h4-5,8-9,13-14H,3,6-7,10-12H2,1-2H3,(H,21,25)(H,22,26). The minimum Gasteiger partial charge on any atom is -0.273 e. The van der Waals surface area contributed by atoms with Crippen LogP contribution in [0, 0.1) is 0 Å². The first-order chi connectivity index (χ1) is 14.0. The largest absolute Gasteiger partial charge is 0.290 e. The zero-order valence-corrected chi connectivity index (χ0v) is 18.3. The summed E-state index contributed by atoms with van der Waals surface area (Å²) in [6.07, 6.45) is 4.54. The highest BCUT2D eigenvalue weighted by atomic mass is 33.1. The van der Waals surface area contributed by atoms with Gasteiger partial charge >= 0.3 is 0 Å². The normalized spacial score (nSPS) is 16.3. The van der Waals surface area contributed by atoms with Gasteiger partial charge in [0.2, 0.25) is 5.91 Å². The monoisotopic (exact) mass is 434 g/mol. The van der Waals surface area contributed by atoms with Crippen LogP contribution in [-0.2, 0) is 4.79 Å². The molecule has 2 amide bonds. The molecule has 1 aliphatic rings. The van der Waals surface area contributed by atoms with Crippen molar-refractivity contribution in [3.8, 4) is 0 Å². The average Bonchev–Trinajstić information content (AvgIpc) is 3.23. The smallest absolute Gasteiger partial charge is 0.273 e. The van der Waals surface area contributed by atoms with E-state index in [0.717, 1.165) is 19.3 Å². The quantitative estimate of drug-likeness (QED) is 0.394. The van der Waals surface area contributed by atoms with Crippen LogP contribution < -0.4 is 16.4 Å². The van der Waals surface area contributed by atoms with Crippen LogP contribution in [0.15, 0.2) is 29.1 Å². The molecule has 1 aromatic heterocycles. The lowest BCUT2D eigenvalue weighted by atomic mass is 10.1. The molecule has 2 heterocycles. The van der Waals surface area contributed by atoms with E-state index in [1.165, 1.54) is 16.9 Å². The van der Waals surface area contributed by atoms with Gasteiger partial charge in [-0.1, -0.05) is 46.2 Å². The molecule has 1 saturated heterocycles. The molecule has 7 nitrogen and oxygen atoms in total. The Kier molecular flexibility index (Phi) is 7.60. The second-order valence-electron chi connectivity index (χ2n) is 7.31. The topological polar surface area (TPSA) is 93.1 Å². The Morgan fingerprint density at radius 2 is 1.97 bits per heavy atom. The summed E-state index contributed by atoms with van der Waals surface area (Å²) < 4.78 is 1.29. The summed E-state index contributed by atoms with van der Waals surface area (Å²) in [5.41, 5.74) is 4.77. The van der Waals surface area contributed by atoms with Crippen LogP contribution in [0.5, 0.6) is 0 Å². The van der Waals surface area contributed by atoms with E-state index >= 15 is 0 Å². The fourth-order valence-electron chi connectivity index (χ4n) is 3.19. The van der Waals surface area contributed by atoms with Crippen molar-refractivity contribution in [1.29, 1.82) is 0 Å². The van der Waals surface area contributed by atoms with Crippen molar-refractivity contribution in [3.63, 3.8) is 0 Å². The van der Waals surface area contributed by atoms with E-state index < -0.39 is 5.91 Å². The van der Waals surface area contributed by atoms with Crippen LogP contribution >= 0.6 is 21.6 Å². The second kappa shape index (κ2) is 10.2. The summed E-state index contributed by atoms with van der Waals surface area (Å²) in [7, 11) is 3.87. The molecule has 1 fully saturated rings. The van der Waals surface area contributed by atoms with E-state index in [1.807, 2.05) is 35.4 Å². The first-order valence-electron chi connectivity index (χ1n) is 9.86. The summed E-state index contributed by atoms with van der Waals surface area (Å²) in [4.78, 5) is 37.3. The molecule has 0 aliphatic carbocycles. The van der Waals surface area contributed by atoms with Gasteiger partial charge in [0.15, 0.2) is 5.69 Å². The molecular formula is C20H26N4O3S2. The van der Waals surface area contributed by atoms with Gasteiger partial charge in [0, 0.05) is 22.8 Å². The highest BCUT2D eigenvalue weighted by molar-refractivity contribution is 8.77. The van der Waals surface area contributed by atoms with Crippen LogP contribution in [0.1, 0.15) is 62.5 Å². The third-order valence-corrected chi connectivity index (χ3v) is 7.76. The number of fused-ring (bicyclic) bond motifs is 1. The Bertz CT molecular complexity index is 939. The highest BCUT2D eigenvalue weighted by Crippen LogP contribution is 2.39. The Morgan fingerprint density at radius 1 is 1.21 bits per heavy atom. The molecule has 2 N–H and O–H groups in total. The van der Waals surface area contributed by atoms with Gasteiger partial charge in [-0.2, -0.15) is 5.10 Å². The number of nitrogens with one attached hydrogen (secondary N) is 2. The van der Waals surface area contributed by atoms with Crippen molar-refractivity contribution >= 4 is 44.2 Å². The number of amides is 2.